The number of sulfonamides is 1. The zero-order valence-corrected chi connectivity index (χ0v) is 11.5. The van der Waals surface area contributed by atoms with Crippen LogP contribution in [0, 0.1) is 0 Å². The number of hydrazine groups is 1. The van der Waals surface area contributed by atoms with Gasteiger partial charge in [0.1, 0.15) is 4.90 Å². The number of nitrogens with one attached hydrogen (secondary N) is 2. The highest BCUT2D eigenvalue weighted by atomic mass is 32.2. The van der Waals surface area contributed by atoms with Gasteiger partial charge in [-0.15, -0.1) is 0 Å². The minimum atomic E-state index is -3.70. The summed E-state index contributed by atoms with van der Waals surface area (Å²) in [6.07, 6.45) is 5.59. The minimum absolute atomic E-state index is 0.0350. The summed E-state index contributed by atoms with van der Waals surface area (Å²) < 4.78 is 26.8. The van der Waals surface area contributed by atoms with Crippen LogP contribution >= 0.6 is 0 Å². The van der Waals surface area contributed by atoms with Gasteiger partial charge in [-0.1, -0.05) is 6.07 Å². The second kappa shape index (κ2) is 5.90. The average molecular weight is 294 g/mol. The van der Waals surface area contributed by atoms with Gasteiger partial charge in [0.15, 0.2) is 0 Å². The van der Waals surface area contributed by atoms with Crippen LogP contribution in [0.2, 0.25) is 0 Å². The molecule has 1 atom stereocenters. The molecule has 106 valence electrons. The Balaban J connectivity index is 2.18. The third-order valence-corrected chi connectivity index (χ3v) is 4.08. The zero-order chi connectivity index (χ0) is 14.6. The lowest BCUT2D eigenvalue weighted by Crippen LogP contribution is -2.27. The third kappa shape index (κ3) is 3.26. The van der Waals surface area contributed by atoms with Gasteiger partial charge < -0.3 is 0 Å². The number of hydrogen-bond donors (Lipinski definition) is 3. The molecule has 2 aromatic heterocycles. The second-order valence-corrected chi connectivity index (χ2v) is 5.73. The molecule has 0 radical (unpaired) electrons. The zero-order valence-electron chi connectivity index (χ0n) is 10.7. The van der Waals surface area contributed by atoms with Crippen LogP contribution in [0.25, 0.3) is 0 Å². The number of anilines is 1. The first kappa shape index (κ1) is 14.3. The number of hydrogen-bond acceptors (Lipinski definition) is 7. The first-order valence-electron chi connectivity index (χ1n) is 5.74. The average Bonchev–Trinajstić information content (AvgIpc) is 2.48. The fourth-order valence-electron chi connectivity index (χ4n) is 1.53. The van der Waals surface area contributed by atoms with E-state index in [1.165, 1.54) is 12.4 Å². The smallest absolute Gasteiger partial charge is 0.244 e. The van der Waals surface area contributed by atoms with E-state index in [9.17, 15) is 8.42 Å². The Morgan fingerprint density at radius 2 is 1.95 bits per heavy atom. The number of nitrogen functional groups attached to an aromatic ring is 1. The molecule has 0 fully saturated rings. The predicted molar refractivity (Wildman–Crippen MR) is 72.8 cm³/mol. The summed E-state index contributed by atoms with van der Waals surface area (Å²) >= 11 is 0. The molecular weight excluding hydrogens is 280 g/mol. The second-order valence-electron chi connectivity index (χ2n) is 4.02. The highest BCUT2D eigenvalue weighted by molar-refractivity contribution is 7.89. The Hall–Kier alpha value is -2.10. The standard InChI is InChI=1S/C11H14N6O2S/c1-8(9-3-2-4-13-5-9)17-20(18,19)10-6-14-11(16-12)15-7-10/h2-8,17H,12H2,1H3,(H,14,15,16). The van der Waals surface area contributed by atoms with Crippen LogP contribution < -0.4 is 16.0 Å². The van der Waals surface area contributed by atoms with Crippen molar-refractivity contribution in [3.05, 3.63) is 42.5 Å². The maximum absolute atomic E-state index is 12.2. The van der Waals surface area contributed by atoms with Gasteiger partial charge in [0.25, 0.3) is 0 Å². The van der Waals surface area contributed by atoms with Crippen LogP contribution in [0.4, 0.5) is 5.95 Å². The van der Waals surface area contributed by atoms with Crippen molar-refractivity contribution in [2.45, 2.75) is 17.9 Å². The van der Waals surface area contributed by atoms with E-state index < -0.39 is 16.1 Å². The van der Waals surface area contributed by atoms with E-state index in [2.05, 4.69) is 25.1 Å². The summed E-state index contributed by atoms with van der Waals surface area (Å²) in [5.74, 6) is 5.26. The van der Waals surface area contributed by atoms with Crippen molar-refractivity contribution in [2.75, 3.05) is 5.43 Å². The Morgan fingerprint density at radius 3 is 2.50 bits per heavy atom. The van der Waals surface area contributed by atoms with Crippen LogP contribution in [-0.4, -0.2) is 23.4 Å². The van der Waals surface area contributed by atoms with Gasteiger partial charge >= 0.3 is 0 Å². The highest BCUT2D eigenvalue weighted by Gasteiger charge is 2.19. The van der Waals surface area contributed by atoms with Crippen molar-refractivity contribution >= 4 is 16.0 Å². The summed E-state index contributed by atoms with van der Waals surface area (Å²) in [5.41, 5.74) is 2.99. The Bertz CT molecular complexity index is 659. The van der Waals surface area contributed by atoms with E-state index in [0.717, 1.165) is 5.56 Å². The third-order valence-electron chi connectivity index (χ3n) is 2.58. The summed E-state index contributed by atoms with van der Waals surface area (Å²) in [6.45, 7) is 1.73. The largest absolute Gasteiger partial charge is 0.292 e. The fourth-order valence-corrected chi connectivity index (χ4v) is 2.65. The Morgan fingerprint density at radius 1 is 1.25 bits per heavy atom. The predicted octanol–water partition coefficient (Wildman–Crippen LogP) is 0.197. The molecule has 0 amide bonds. The quantitative estimate of drug-likeness (QED) is 0.531. The maximum Gasteiger partial charge on any atom is 0.244 e. The normalized spacial score (nSPS) is 12.9. The summed E-state index contributed by atoms with van der Waals surface area (Å²) in [6, 6.07) is 3.12. The van der Waals surface area contributed by atoms with Gasteiger partial charge in [0, 0.05) is 18.4 Å². The van der Waals surface area contributed by atoms with Gasteiger partial charge in [0.2, 0.25) is 16.0 Å². The molecule has 2 rings (SSSR count). The topological polar surface area (TPSA) is 123 Å². The fraction of sp³-hybridized carbons (Fsp3) is 0.182. The molecule has 20 heavy (non-hydrogen) atoms. The van der Waals surface area contributed by atoms with Crippen LogP contribution in [-0.2, 0) is 10.0 Å². The summed E-state index contributed by atoms with van der Waals surface area (Å²) in [5, 5.41) is 0. The first-order valence-corrected chi connectivity index (χ1v) is 7.22. The molecule has 0 aliphatic carbocycles. The monoisotopic (exact) mass is 294 g/mol. The van der Waals surface area contributed by atoms with Crippen LogP contribution in [0.1, 0.15) is 18.5 Å². The molecule has 9 heteroatoms. The lowest BCUT2D eigenvalue weighted by molar-refractivity contribution is 0.565. The van der Waals surface area contributed by atoms with Gasteiger partial charge in [0.05, 0.1) is 12.4 Å². The maximum atomic E-state index is 12.2. The highest BCUT2D eigenvalue weighted by Crippen LogP contribution is 2.15. The van der Waals surface area contributed by atoms with Crippen LogP contribution in [0.3, 0.4) is 0 Å². The number of nitrogens with two attached hydrogens (primary N) is 1. The lowest BCUT2D eigenvalue weighted by atomic mass is 10.2. The van der Waals surface area contributed by atoms with E-state index >= 15 is 0 Å². The van der Waals surface area contributed by atoms with E-state index in [0.29, 0.717) is 0 Å². The number of nitrogens with zero attached hydrogens (tertiary/aromatic N) is 3. The van der Waals surface area contributed by atoms with E-state index in [-0.39, 0.29) is 10.8 Å². The van der Waals surface area contributed by atoms with Gasteiger partial charge in [-0.2, -0.15) is 0 Å². The number of aromatic nitrogens is 3. The molecule has 0 aromatic carbocycles. The lowest BCUT2D eigenvalue weighted by Gasteiger charge is -2.13. The van der Waals surface area contributed by atoms with Gasteiger partial charge in [-0.05, 0) is 18.6 Å². The molecule has 0 saturated heterocycles. The van der Waals surface area contributed by atoms with Crippen LogP contribution in [0.5, 0.6) is 0 Å². The molecule has 0 saturated carbocycles. The van der Waals surface area contributed by atoms with Crippen LogP contribution in [0.15, 0.2) is 41.8 Å². The van der Waals surface area contributed by atoms with Crippen molar-refractivity contribution in [3.63, 3.8) is 0 Å². The Labute approximate surface area is 116 Å². The molecule has 8 nitrogen and oxygen atoms in total. The molecule has 0 spiro atoms. The van der Waals surface area contributed by atoms with Crippen molar-refractivity contribution in [1.29, 1.82) is 0 Å². The number of pyridine rings is 1. The molecule has 1 unspecified atom stereocenters. The number of rotatable bonds is 5. The SMILES string of the molecule is CC(NS(=O)(=O)c1cnc(NN)nc1)c1cccnc1. The van der Waals surface area contributed by atoms with Gasteiger partial charge in [-0.25, -0.2) is 29.0 Å². The molecule has 2 heterocycles. The minimum Gasteiger partial charge on any atom is -0.292 e. The molecule has 2 aromatic rings. The van der Waals surface area contributed by atoms with E-state index in [1.54, 1.807) is 31.5 Å². The first-order chi connectivity index (χ1) is 9.53. The molecule has 4 N–H and O–H groups in total. The van der Waals surface area contributed by atoms with Crippen molar-refractivity contribution < 1.29 is 8.42 Å². The Kier molecular flexibility index (Phi) is 4.23. The van der Waals surface area contributed by atoms with Crippen molar-refractivity contribution in [3.8, 4) is 0 Å². The molecule has 0 aliphatic heterocycles. The summed E-state index contributed by atoms with van der Waals surface area (Å²) in [7, 11) is -3.70. The molecule has 0 aliphatic rings. The van der Waals surface area contributed by atoms with E-state index in [1.807, 2.05) is 0 Å². The van der Waals surface area contributed by atoms with Crippen molar-refractivity contribution in [1.82, 2.24) is 19.7 Å². The van der Waals surface area contributed by atoms with Crippen molar-refractivity contribution in [2.24, 2.45) is 5.84 Å². The van der Waals surface area contributed by atoms with Gasteiger partial charge in [-0.3, -0.25) is 10.4 Å². The summed E-state index contributed by atoms with van der Waals surface area (Å²) in [4.78, 5) is 11.4. The molecule has 0 bridgehead atoms. The van der Waals surface area contributed by atoms with E-state index in [4.69, 9.17) is 5.84 Å². The molecular formula is C11H14N6O2S.